The zero-order valence-electron chi connectivity index (χ0n) is 12.0. The fraction of sp³-hybridized carbons (Fsp3) is 0.368. The van der Waals surface area contributed by atoms with E-state index in [4.69, 9.17) is 4.74 Å². The molecule has 1 N–H and O–H groups in total. The molecule has 2 aromatic rings. The smallest absolute Gasteiger partial charge is 0.123 e. The van der Waals surface area contributed by atoms with Gasteiger partial charge in [-0.25, -0.2) is 0 Å². The normalized spacial score (nSPS) is 22.2. The fourth-order valence-electron chi connectivity index (χ4n) is 3.39. The number of aliphatic hydroxyl groups is 1. The van der Waals surface area contributed by atoms with E-state index in [0.29, 0.717) is 6.61 Å². The first-order valence-corrected chi connectivity index (χ1v) is 7.82. The van der Waals surface area contributed by atoms with E-state index in [-0.39, 0.29) is 5.92 Å². The predicted molar refractivity (Wildman–Crippen MR) is 82.7 cm³/mol. The van der Waals surface area contributed by atoms with Crippen LogP contribution in [0.1, 0.15) is 53.9 Å². The molecule has 2 nitrogen and oxygen atoms in total. The lowest BCUT2D eigenvalue weighted by Crippen LogP contribution is -2.13. The Balaban J connectivity index is 1.56. The molecule has 0 spiro atoms. The van der Waals surface area contributed by atoms with Crippen LogP contribution in [0.15, 0.2) is 48.5 Å². The molecular weight excluding hydrogens is 260 g/mol. The van der Waals surface area contributed by atoms with Crippen LogP contribution in [0.2, 0.25) is 0 Å². The van der Waals surface area contributed by atoms with E-state index in [9.17, 15) is 5.11 Å². The van der Waals surface area contributed by atoms with Gasteiger partial charge in [0.25, 0.3) is 0 Å². The Bertz CT molecular complexity index is 628. The average molecular weight is 280 g/mol. The van der Waals surface area contributed by atoms with E-state index in [2.05, 4.69) is 30.3 Å². The largest absolute Gasteiger partial charge is 0.493 e. The number of hydrogen-bond acceptors (Lipinski definition) is 2. The second-order valence-electron chi connectivity index (χ2n) is 6.19. The third kappa shape index (κ3) is 2.24. The summed E-state index contributed by atoms with van der Waals surface area (Å²) in [5.41, 5.74) is 3.52. The van der Waals surface area contributed by atoms with Gasteiger partial charge < -0.3 is 9.84 Å². The van der Waals surface area contributed by atoms with Crippen LogP contribution in [0.25, 0.3) is 0 Å². The first-order chi connectivity index (χ1) is 10.3. The molecule has 1 fully saturated rings. The van der Waals surface area contributed by atoms with Gasteiger partial charge in [0.15, 0.2) is 0 Å². The molecule has 108 valence electrons. The number of benzene rings is 2. The van der Waals surface area contributed by atoms with Gasteiger partial charge in [-0.05, 0) is 36.0 Å². The summed E-state index contributed by atoms with van der Waals surface area (Å²) in [6.07, 6.45) is 3.48. The molecule has 0 radical (unpaired) electrons. The third-order valence-corrected chi connectivity index (χ3v) is 4.97. The first-order valence-electron chi connectivity index (χ1n) is 7.82. The van der Waals surface area contributed by atoms with Gasteiger partial charge in [-0.2, -0.15) is 0 Å². The molecule has 0 bridgehead atoms. The highest BCUT2D eigenvalue weighted by atomic mass is 16.5. The van der Waals surface area contributed by atoms with E-state index in [0.717, 1.165) is 22.8 Å². The van der Waals surface area contributed by atoms with Crippen LogP contribution >= 0.6 is 0 Å². The van der Waals surface area contributed by atoms with E-state index in [1.807, 2.05) is 18.2 Å². The van der Waals surface area contributed by atoms with Gasteiger partial charge in [0.05, 0.1) is 18.6 Å². The number of para-hydroxylation sites is 1. The number of fused-ring (bicyclic) bond motifs is 1. The van der Waals surface area contributed by atoms with Gasteiger partial charge in [-0.1, -0.05) is 48.9 Å². The number of ether oxygens (including phenoxy) is 1. The average Bonchev–Trinajstić information content (AvgIpc) is 2.89. The lowest BCUT2D eigenvalue weighted by molar-refractivity contribution is 0.130. The maximum Gasteiger partial charge on any atom is 0.123 e. The molecule has 0 saturated heterocycles. The molecule has 2 heteroatoms. The van der Waals surface area contributed by atoms with Crippen LogP contribution in [0, 0.1) is 0 Å². The second kappa shape index (κ2) is 5.19. The Morgan fingerprint density at radius 3 is 2.48 bits per heavy atom. The summed E-state index contributed by atoms with van der Waals surface area (Å²) in [4.78, 5) is 0. The van der Waals surface area contributed by atoms with Crippen molar-refractivity contribution in [2.75, 3.05) is 6.61 Å². The van der Waals surface area contributed by atoms with Crippen LogP contribution in [0.3, 0.4) is 0 Å². The molecule has 21 heavy (non-hydrogen) atoms. The Labute approximate surface area is 125 Å². The third-order valence-electron chi connectivity index (χ3n) is 4.97. The first kappa shape index (κ1) is 12.9. The van der Waals surface area contributed by atoms with Crippen LogP contribution < -0.4 is 4.74 Å². The zero-order chi connectivity index (χ0) is 14.2. The highest BCUT2D eigenvalue weighted by Crippen LogP contribution is 2.42. The van der Waals surface area contributed by atoms with Crippen molar-refractivity contribution in [2.24, 2.45) is 0 Å². The summed E-state index contributed by atoms with van der Waals surface area (Å²) in [5.74, 6) is 1.69. The van der Waals surface area contributed by atoms with Gasteiger partial charge in [-0.15, -0.1) is 0 Å². The summed E-state index contributed by atoms with van der Waals surface area (Å²) in [6, 6.07) is 16.5. The summed E-state index contributed by atoms with van der Waals surface area (Å²) >= 11 is 0. The summed E-state index contributed by atoms with van der Waals surface area (Å²) in [7, 11) is 0. The maximum absolute atomic E-state index is 10.7. The molecular formula is C19H20O2. The minimum atomic E-state index is -0.496. The van der Waals surface area contributed by atoms with E-state index in [1.165, 1.54) is 24.8 Å². The fourth-order valence-corrected chi connectivity index (χ4v) is 3.39. The molecule has 0 aromatic heterocycles. The summed E-state index contributed by atoms with van der Waals surface area (Å²) in [5, 5.41) is 10.7. The van der Waals surface area contributed by atoms with Crippen molar-refractivity contribution < 1.29 is 9.84 Å². The standard InChI is InChI=1S/C19H20O2/c20-19(17-12-21-18-7-2-1-6-16(17)18)15-10-8-14(9-11-15)13-4-3-5-13/h1-2,6-11,13,17,19-20H,3-5,12H2. The molecule has 0 amide bonds. The second-order valence-corrected chi connectivity index (χ2v) is 6.19. The van der Waals surface area contributed by atoms with Gasteiger partial charge >= 0.3 is 0 Å². The predicted octanol–water partition coefficient (Wildman–Crippen LogP) is 4.16. The van der Waals surface area contributed by atoms with Crippen LogP contribution in [0.5, 0.6) is 5.75 Å². The van der Waals surface area contributed by atoms with Crippen molar-refractivity contribution in [2.45, 2.75) is 37.2 Å². The zero-order valence-corrected chi connectivity index (χ0v) is 12.0. The molecule has 1 saturated carbocycles. The van der Waals surface area contributed by atoms with E-state index >= 15 is 0 Å². The number of aliphatic hydroxyl groups excluding tert-OH is 1. The number of rotatable bonds is 3. The molecule has 1 heterocycles. The maximum atomic E-state index is 10.7. The Kier molecular flexibility index (Phi) is 3.19. The SMILES string of the molecule is OC(c1ccc(C2CCC2)cc1)C1COc2ccccc21. The summed E-state index contributed by atoms with van der Waals surface area (Å²) in [6.45, 7) is 0.560. The minimum Gasteiger partial charge on any atom is -0.493 e. The van der Waals surface area contributed by atoms with Gasteiger partial charge in [0, 0.05) is 5.56 Å². The number of hydrogen-bond donors (Lipinski definition) is 1. The lowest BCUT2D eigenvalue weighted by atomic mass is 9.79. The van der Waals surface area contributed by atoms with E-state index < -0.39 is 6.10 Å². The Morgan fingerprint density at radius 2 is 1.76 bits per heavy atom. The molecule has 2 aromatic carbocycles. The summed E-state index contributed by atoms with van der Waals surface area (Å²) < 4.78 is 5.68. The molecule has 1 aliphatic carbocycles. The van der Waals surface area contributed by atoms with Crippen molar-refractivity contribution in [1.29, 1.82) is 0 Å². The van der Waals surface area contributed by atoms with Crippen LogP contribution in [-0.2, 0) is 0 Å². The quantitative estimate of drug-likeness (QED) is 0.914. The van der Waals surface area contributed by atoms with Crippen LogP contribution in [0.4, 0.5) is 0 Å². The van der Waals surface area contributed by atoms with Crippen LogP contribution in [-0.4, -0.2) is 11.7 Å². The van der Waals surface area contributed by atoms with Crippen molar-refractivity contribution in [1.82, 2.24) is 0 Å². The molecule has 4 rings (SSSR count). The highest BCUT2D eigenvalue weighted by molar-refractivity contribution is 5.42. The Morgan fingerprint density at radius 1 is 1.00 bits per heavy atom. The topological polar surface area (TPSA) is 29.5 Å². The van der Waals surface area contributed by atoms with Gasteiger partial charge in [0.1, 0.15) is 5.75 Å². The monoisotopic (exact) mass is 280 g/mol. The minimum absolute atomic E-state index is 0.0377. The van der Waals surface area contributed by atoms with Gasteiger partial charge in [0.2, 0.25) is 0 Å². The molecule has 1 aliphatic heterocycles. The molecule has 2 aliphatic rings. The lowest BCUT2D eigenvalue weighted by Gasteiger charge is -2.26. The molecule has 2 unspecified atom stereocenters. The van der Waals surface area contributed by atoms with Crippen molar-refractivity contribution in [3.05, 3.63) is 65.2 Å². The Hall–Kier alpha value is -1.80. The van der Waals surface area contributed by atoms with Crippen molar-refractivity contribution >= 4 is 0 Å². The van der Waals surface area contributed by atoms with Gasteiger partial charge in [-0.3, -0.25) is 0 Å². The molecule has 2 atom stereocenters. The highest BCUT2D eigenvalue weighted by Gasteiger charge is 2.31. The van der Waals surface area contributed by atoms with E-state index in [1.54, 1.807) is 0 Å². The van der Waals surface area contributed by atoms with Crippen molar-refractivity contribution in [3.63, 3.8) is 0 Å². The van der Waals surface area contributed by atoms with Crippen molar-refractivity contribution in [3.8, 4) is 5.75 Å².